The summed E-state index contributed by atoms with van der Waals surface area (Å²) in [5.74, 6) is 0.926. The van der Waals surface area contributed by atoms with Gasteiger partial charge in [-0.1, -0.05) is 0 Å². The maximum Gasteiger partial charge on any atom is 0.0466 e. The van der Waals surface area contributed by atoms with Gasteiger partial charge in [0.1, 0.15) is 0 Å². The Morgan fingerprint density at radius 3 is 3.09 bits per heavy atom. The zero-order chi connectivity index (χ0) is 7.94. The van der Waals surface area contributed by atoms with Crippen molar-refractivity contribution in [3.63, 3.8) is 0 Å². The van der Waals surface area contributed by atoms with Gasteiger partial charge in [0, 0.05) is 13.2 Å². The summed E-state index contributed by atoms with van der Waals surface area (Å²) in [6, 6.07) is 0. The molecule has 0 aliphatic carbocycles. The van der Waals surface area contributed by atoms with Crippen molar-refractivity contribution in [2.75, 3.05) is 26.3 Å². The molecule has 1 rings (SSSR count). The molecular weight excluding hydrogens is 138 g/mol. The first-order valence-electron chi connectivity index (χ1n) is 4.72. The minimum atomic E-state index is 0.864. The van der Waals surface area contributed by atoms with Crippen LogP contribution in [0.25, 0.3) is 0 Å². The van der Waals surface area contributed by atoms with Gasteiger partial charge in [-0.3, -0.25) is 0 Å². The van der Waals surface area contributed by atoms with Crippen molar-refractivity contribution in [3.05, 3.63) is 0 Å². The van der Waals surface area contributed by atoms with Gasteiger partial charge in [-0.15, -0.1) is 0 Å². The predicted molar refractivity (Wildman–Crippen MR) is 46.7 cm³/mol. The fourth-order valence-corrected chi connectivity index (χ4v) is 1.58. The lowest BCUT2D eigenvalue weighted by Crippen LogP contribution is -2.09. The SMILES string of the molecule is CCOCCC[C@@H]1CCNC1. The van der Waals surface area contributed by atoms with Crippen molar-refractivity contribution < 1.29 is 4.74 Å². The maximum absolute atomic E-state index is 5.27. The van der Waals surface area contributed by atoms with E-state index in [0.717, 1.165) is 19.1 Å². The Kier molecular flexibility index (Phi) is 4.55. The fraction of sp³-hybridized carbons (Fsp3) is 1.00. The molecule has 1 saturated heterocycles. The van der Waals surface area contributed by atoms with E-state index in [1.54, 1.807) is 0 Å². The zero-order valence-electron chi connectivity index (χ0n) is 7.44. The fourth-order valence-electron chi connectivity index (χ4n) is 1.58. The van der Waals surface area contributed by atoms with Gasteiger partial charge in [0.15, 0.2) is 0 Å². The van der Waals surface area contributed by atoms with E-state index < -0.39 is 0 Å². The molecule has 1 fully saturated rings. The summed E-state index contributed by atoms with van der Waals surface area (Å²) in [6.45, 7) is 6.32. The van der Waals surface area contributed by atoms with Crippen LogP contribution in [-0.4, -0.2) is 26.3 Å². The van der Waals surface area contributed by atoms with E-state index in [9.17, 15) is 0 Å². The molecule has 0 aromatic rings. The summed E-state index contributed by atoms with van der Waals surface area (Å²) in [5.41, 5.74) is 0. The number of ether oxygens (including phenoxy) is 1. The molecule has 0 aromatic heterocycles. The smallest absolute Gasteiger partial charge is 0.0466 e. The number of hydrogen-bond donors (Lipinski definition) is 1. The van der Waals surface area contributed by atoms with Gasteiger partial charge < -0.3 is 10.1 Å². The highest BCUT2D eigenvalue weighted by Crippen LogP contribution is 2.13. The Morgan fingerprint density at radius 1 is 1.55 bits per heavy atom. The molecule has 2 heteroatoms. The van der Waals surface area contributed by atoms with E-state index in [4.69, 9.17) is 4.74 Å². The molecular formula is C9H19NO. The Balaban J connectivity index is 1.86. The summed E-state index contributed by atoms with van der Waals surface area (Å²) < 4.78 is 5.27. The Bertz CT molecular complexity index is 89.6. The molecule has 0 bridgehead atoms. The number of hydrogen-bond acceptors (Lipinski definition) is 2. The molecule has 0 radical (unpaired) electrons. The normalized spacial score (nSPS) is 24.3. The molecule has 1 atom stereocenters. The highest BCUT2D eigenvalue weighted by molar-refractivity contribution is 4.70. The predicted octanol–water partition coefficient (Wildman–Crippen LogP) is 1.41. The first-order valence-corrected chi connectivity index (χ1v) is 4.72. The molecule has 0 aromatic carbocycles. The molecule has 11 heavy (non-hydrogen) atoms. The van der Waals surface area contributed by atoms with Gasteiger partial charge in [-0.05, 0) is 45.2 Å². The summed E-state index contributed by atoms with van der Waals surface area (Å²) >= 11 is 0. The summed E-state index contributed by atoms with van der Waals surface area (Å²) in [7, 11) is 0. The van der Waals surface area contributed by atoms with Gasteiger partial charge in [0.25, 0.3) is 0 Å². The highest BCUT2D eigenvalue weighted by Gasteiger charge is 2.12. The highest BCUT2D eigenvalue weighted by atomic mass is 16.5. The topological polar surface area (TPSA) is 21.3 Å². The monoisotopic (exact) mass is 157 g/mol. The van der Waals surface area contributed by atoms with Crippen LogP contribution in [0.2, 0.25) is 0 Å². The van der Waals surface area contributed by atoms with Crippen LogP contribution in [0, 0.1) is 5.92 Å². The van der Waals surface area contributed by atoms with Gasteiger partial charge in [0.2, 0.25) is 0 Å². The Morgan fingerprint density at radius 2 is 2.45 bits per heavy atom. The average Bonchev–Trinajstić information content (AvgIpc) is 2.50. The molecule has 1 aliphatic rings. The minimum absolute atomic E-state index is 0.864. The lowest BCUT2D eigenvalue weighted by molar-refractivity contribution is 0.140. The van der Waals surface area contributed by atoms with Gasteiger partial charge in [-0.25, -0.2) is 0 Å². The first-order chi connectivity index (χ1) is 5.43. The van der Waals surface area contributed by atoms with Gasteiger partial charge in [-0.2, -0.15) is 0 Å². The van der Waals surface area contributed by atoms with E-state index in [1.165, 1.54) is 32.4 Å². The van der Waals surface area contributed by atoms with Crippen molar-refractivity contribution in [1.82, 2.24) is 5.32 Å². The molecule has 66 valence electrons. The molecule has 1 aliphatic heterocycles. The van der Waals surface area contributed by atoms with Crippen LogP contribution in [0.4, 0.5) is 0 Å². The van der Waals surface area contributed by atoms with Gasteiger partial charge >= 0.3 is 0 Å². The lowest BCUT2D eigenvalue weighted by atomic mass is 10.0. The van der Waals surface area contributed by atoms with Crippen LogP contribution in [0.15, 0.2) is 0 Å². The third-order valence-electron chi connectivity index (χ3n) is 2.27. The molecule has 0 unspecified atom stereocenters. The largest absolute Gasteiger partial charge is 0.382 e. The quantitative estimate of drug-likeness (QED) is 0.609. The molecule has 1 heterocycles. The molecule has 0 saturated carbocycles. The van der Waals surface area contributed by atoms with Crippen molar-refractivity contribution in [2.45, 2.75) is 26.2 Å². The maximum atomic E-state index is 5.27. The Labute approximate surface area is 69.3 Å². The molecule has 1 N–H and O–H groups in total. The molecule has 0 spiro atoms. The Hall–Kier alpha value is -0.0800. The average molecular weight is 157 g/mol. The van der Waals surface area contributed by atoms with E-state index in [0.29, 0.717) is 0 Å². The van der Waals surface area contributed by atoms with Crippen LogP contribution in [0.5, 0.6) is 0 Å². The third-order valence-corrected chi connectivity index (χ3v) is 2.27. The lowest BCUT2D eigenvalue weighted by Gasteiger charge is -2.06. The van der Waals surface area contributed by atoms with Crippen molar-refractivity contribution >= 4 is 0 Å². The van der Waals surface area contributed by atoms with Crippen LogP contribution in [0.1, 0.15) is 26.2 Å². The van der Waals surface area contributed by atoms with Crippen LogP contribution < -0.4 is 5.32 Å². The van der Waals surface area contributed by atoms with E-state index >= 15 is 0 Å². The van der Waals surface area contributed by atoms with Crippen LogP contribution in [0.3, 0.4) is 0 Å². The molecule has 2 nitrogen and oxygen atoms in total. The van der Waals surface area contributed by atoms with Crippen LogP contribution >= 0.6 is 0 Å². The van der Waals surface area contributed by atoms with Crippen molar-refractivity contribution in [2.24, 2.45) is 5.92 Å². The second-order valence-corrected chi connectivity index (χ2v) is 3.20. The van der Waals surface area contributed by atoms with Crippen molar-refractivity contribution in [3.8, 4) is 0 Å². The first kappa shape index (κ1) is 9.01. The van der Waals surface area contributed by atoms with E-state index in [2.05, 4.69) is 12.2 Å². The van der Waals surface area contributed by atoms with E-state index in [-0.39, 0.29) is 0 Å². The molecule has 0 amide bonds. The van der Waals surface area contributed by atoms with Gasteiger partial charge in [0.05, 0.1) is 0 Å². The standard InChI is InChI=1S/C9H19NO/c1-2-11-7-3-4-9-5-6-10-8-9/h9-10H,2-8H2,1H3/t9-/m1/s1. The number of nitrogens with one attached hydrogen (secondary N) is 1. The number of rotatable bonds is 5. The zero-order valence-corrected chi connectivity index (χ0v) is 7.44. The summed E-state index contributed by atoms with van der Waals surface area (Å²) in [4.78, 5) is 0. The van der Waals surface area contributed by atoms with Crippen LogP contribution in [-0.2, 0) is 4.74 Å². The summed E-state index contributed by atoms with van der Waals surface area (Å²) in [5, 5.41) is 3.37. The third kappa shape index (κ3) is 3.73. The van der Waals surface area contributed by atoms with E-state index in [1.807, 2.05) is 0 Å². The minimum Gasteiger partial charge on any atom is -0.382 e. The second kappa shape index (κ2) is 5.56. The van der Waals surface area contributed by atoms with Crippen molar-refractivity contribution in [1.29, 1.82) is 0 Å². The summed E-state index contributed by atoms with van der Waals surface area (Å²) in [6.07, 6.45) is 3.94. The second-order valence-electron chi connectivity index (χ2n) is 3.20.